The first kappa shape index (κ1) is 13.3. The largest absolute Gasteiger partial charge is 0.396 e. The molecule has 0 aromatic rings. The number of nitrogens with zero attached hydrogens (tertiary/aromatic N) is 1. The second-order valence-corrected chi connectivity index (χ2v) is 6.13. The van der Waals surface area contributed by atoms with Gasteiger partial charge < -0.3 is 14.7 Å². The topological polar surface area (TPSA) is 32.7 Å². The Kier molecular flexibility index (Phi) is 4.11. The van der Waals surface area contributed by atoms with Crippen LogP contribution >= 0.6 is 0 Å². The van der Waals surface area contributed by atoms with Gasteiger partial charge in [-0.1, -0.05) is 13.8 Å². The minimum absolute atomic E-state index is 0.0254. The summed E-state index contributed by atoms with van der Waals surface area (Å²) in [6.45, 7) is 9.89. The summed E-state index contributed by atoms with van der Waals surface area (Å²) >= 11 is 0. The summed E-state index contributed by atoms with van der Waals surface area (Å²) in [6, 6.07) is 0. The van der Waals surface area contributed by atoms with Crippen LogP contribution in [0.5, 0.6) is 0 Å². The molecule has 1 N–H and O–H groups in total. The van der Waals surface area contributed by atoms with Crippen LogP contribution in [0.2, 0.25) is 0 Å². The number of aliphatic hydroxyl groups is 1. The summed E-state index contributed by atoms with van der Waals surface area (Å²) in [5, 5.41) is 9.61. The molecule has 0 aliphatic carbocycles. The number of rotatable bonds is 5. The van der Waals surface area contributed by atoms with E-state index in [1.54, 1.807) is 0 Å². The lowest BCUT2D eigenvalue weighted by Crippen LogP contribution is -2.40. The van der Waals surface area contributed by atoms with Crippen LogP contribution in [0.25, 0.3) is 0 Å². The zero-order chi connectivity index (χ0) is 12.4. The third kappa shape index (κ3) is 2.67. The first-order valence-corrected chi connectivity index (χ1v) is 7.08. The fourth-order valence-corrected chi connectivity index (χ4v) is 3.41. The molecule has 0 aromatic heterocycles. The lowest BCUT2D eigenvalue weighted by molar-refractivity contribution is 0.0597. The Morgan fingerprint density at radius 2 is 1.94 bits per heavy atom. The Morgan fingerprint density at radius 3 is 2.41 bits per heavy atom. The molecule has 2 saturated heterocycles. The van der Waals surface area contributed by atoms with E-state index in [-0.39, 0.29) is 12.0 Å². The second kappa shape index (κ2) is 5.25. The van der Waals surface area contributed by atoms with Crippen molar-refractivity contribution in [1.29, 1.82) is 0 Å². The van der Waals surface area contributed by atoms with Gasteiger partial charge in [-0.2, -0.15) is 0 Å². The molecular weight excluding hydrogens is 214 g/mol. The lowest BCUT2D eigenvalue weighted by Gasteiger charge is -2.32. The van der Waals surface area contributed by atoms with Gasteiger partial charge >= 0.3 is 0 Å². The maximum absolute atomic E-state index is 9.61. The molecule has 2 heterocycles. The van der Waals surface area contributed by atoms with E-state index >= 15 is 0 Å². The summed E-state index contributed by atoms with van der Waals surface area (Å²) in [7, 11) is 0. The molecule has 0 spiro atoms. The van der Waals surface area contributed by atoms with Gasteiger partial charge in [-0.15, -0.1) is 0 Å². The van der Waals surface area contributed by atoms with Gasteiger partial charge in [0.1, 0.15) is 0 Å². The number of hydrogen-bond donors (Lipinski definition) is 1. The van der Waals surface area contributed by atoms with Crippen molar-refractivity contribution in [3.63, 3.8) is 0 Å². The van der Waals surface area contributed by atoms with Gasteiger partial charge in [0.2, 0.25) is 0 Å². The van der Waals surface area contributed by atoms with E-state index < -0.39 is 0 Å². The third-order valence-electron chi connectivity index (χ3n) is 5.10. The summed E-state index contributed by atoms with van der Waals surface area (Å²) in [5.74, 6) is 0. The molecule has 2 aliphatic rings. The van der Waals surface area contributed by atoms with Crippen molar-refractivity contribution in [2.24, 2.45) is 10.8 Å². The Morgan fingerprint density at radius 1 is 1.18 bits per heavy atom. The molecule has 3 nitrogen and oxygen atoms in total. The molecule has 0 radical (unpaired) electrons. The van der Waals surface area contributed by atoms with Crippen molar-refractivity contribution in [2.75, 3.05) is 39.5 Å². The number of ether oxygens (including phenoxy) is 1. The van der Waals surface area contributed by atoms with E-state index in [1.807, 2.05) is 0 Å². The first-order chi connectivity index (χ1) is 8.17. The maximum atomic E-state index is 9.61. The van der Waals surface area contributed by atoms with E-state index in [0.717, 1.165) is 26.2 Å². The number of likely N-dealkylation sites (tertiary alicyclic amines) is 1. The standard InChI is InChI=1S/C14H27NO2/c1-3-13(4-2)5-7-15(9-13)10-14(11-16)6-8-17-12-14/h16H,3-12H2,1-2H3. The molecule has 100 valence electrons. The monoisotopic (exact) mass is 241 g/mol. The van der Waals surface area contributed by atoms with Gasteiger partial charge in [0, 0.05) is 25.1 Å². The van der Waals surface area contributed by atoms with Gasteiger partial charge in [0.15, 0.2) is 0 Å². The highest BCUT2D eigenvalue weighted by Gasteiger charge is 2.41. The highest BCUT2D eigenvalue weighted by atomic mass is 16.5. The zero-order valence-corrected chi connectivity index (χ0v) is 11.4. The Labute approximate surface area is 105 Å². The molecule has 1 unspecified atom stereocenters. The van der Waals surface area contributed by atoms with Crippen molar-refractivity contribution < 1.29 is 9.84 Å². The van der Waals surface area contributed by atoms with E-state index in [0.29, 0.717) is 5.41 Å². The third-order valence-corrected chi connectivity index (χ3v) is 5.10. The first-order valence-electron chi connectivity index (χ1n) is 7.08. The van der Waals surface area contributed by atoms with Gasteiger partial charge in [0.25, 0.3) is 0 Å². The fraction of sp³-hybridized carbons (Fsp3) is 1.00. The highest BCUT2D eigenvalue weighted by molar-refractivity contribution is 4.93. The number of hydrogen-bond acceptors (Lipinski definition) is 3. The molecule has 0 amide bonds. The lowest BCUT2D eigenvalue weighted by atomic mass is 9.81. The Bertz CT molecular complexity index is 245. The van der Waals surface area contributed by atoms with Crippen LogP contribution in [-0.4, -0.2) is 49.5 Å². The van der Waals surface area contributed by atoms with Gasteiger partial charge in [-0.3, -0.25) is 0 Å². The van der Waals surface area contributed by atoms with E-state index in [2.05, 4.69) is 18.7 Å². The SMILES string of the molecule is CCC1(CC)CCN(CC2(CO)CCOC2)C1. The van der Waals surface area contributed by atoms with E-state index in [9.17, 15) is 5.11 Å². The van der Waals surface area contributed by atoms with Crippen LogP contribution in [0, 0.1) is 10.8 Å². The van der Waals surface area contributed by atoms with Crippen molar-refractivity contribution in [3.05, 3.63) is 0 Å². The molecule has 2 aliphatic heterocycles. The quantitative estimate of drug-likeness (QED) is 0.798. The van der Waals surface area contributed by atoms with Gasteiger partial charge in [-0.25, -0.2) is 0 Å². The number of aliphatic hydroxyl groups excluding tert-OH is 1. The molecule has 2 rings (SSSR count). The molecular formula is C14H27NO2. The Hall–Kier alpha value is -0.120. The smallest absolute Gasteiger partial charge is 0.0557 e. The highest BCUT2D eigenvalue weighted by Crippen LogP contribution is 2.39. The minimum Gasteiger partial charge on any atom is -0.396 e. The maximum Gasteiger partial charge on any atom is 0.0557 e. The summed E-state index contributed by atoms with van der Waals surface area (Å²) in [5.41, 5.74) is 0.563. The van der Waals surface area contributed by atoms with Gasteiger partial charge in [-0.05, 0) is 37.6 Å². The van der Waals surface area contributed by atoms with Gasteiger partial charge in [0.05, 0.1) is 13.2 Å². The summed E-state index contributed by atoms with van der Waals surface area (Å²) < 4.78 is 5.48. The molecule has 3 heteroatoms. The van der Waals surface area contributed by atoms with Crippen molar-refractivity contribution in [3.8, 4) is 0 Å². The second-order valence-electron chi connectivity index (χ2n) is 6.13. The average Bonchev–Trinajstić information content (AvgIpc) is 2.98. The normalized spacial score (nSPS) is 33.4. The van der Waals surface area contributed by atoms with E-state index in [1.165, 1.54) is 32.4 Å². The van der Waals surface area contributed by atoms with Crippen LogP contribution in [0.1, 0.15) is 39.5 Å². The van der Waals surface area contributed by atoms with Crippen molar-refractivity contribution >= 4 is 0 Å². The molecule has 0 aromatic carbocycles. The summed E-state index contributed by atoms with van der Waals surface area (Å²) in [6.07, 6.45) is 4.90. The molecule has 1 atom stereocenters. The fourth-order valence-electron chi connectivity index (χ4n) is 3.41. The predicted octanol–water partition coefficient (Wildman–Crippen LogP) is 1.90. The predicted molar refractivity (Wildman–Crippen MR) is 69.0 cm³/mol. The summed E-state index contributed by atoms with van der Waals surface area (Å²) in [4.78, 5) is 2.55. The minimum atomic E-state index is 0.0254. The van der Waals surface area contributed by atoms with Crippen LogP contribution < -0.4 is 0 Å². The molecule has 2 fully saturated rings. The average molecular weight is 241 g/mol. The van der Waals surface area contributed by atoms with Crippen LogP contribution in [0.15, 0.2) is 0 Å². The van der Waals surface area contributed by atoms with Crippen molar-refractivity contribution in [1.82, 2.24) is 4.90 Å². The van der Waals surface area contributed by atoms with Crippen LogP contribution in [-0.2, 0) is 4.74 Å². The molecule has 17 heavy (non-hydrogen) atoms. The van der Waals surface area contributed by atoms with Crippen LogP contribution in [0.3, 0.4) is 0 Å². The molecule has 0 saturated carbocycles. The van der Waals surface area contributed by atoms with E-state index in [4.69, 9.17) is 4.74 Å². The van der Waals surface area contributed by atoms with Crippen LogP contribution in [0.4, 0.5) is 0 Å². The Balaban J connectivity index is 1.92. The molecule has 0 bridgehead atoms. The van der Waals surface area contributed by atoms with Crippen molar-refractivity contribution in [2.45, 2.75) is 39.5 Å². The zero-order valence-electron chi connectivity index (χ0n) is 11.4.